The van der Waals surface area contributed by atoms with Gasteiger partial charge in [0.2, 0.25) is 11.8 Å². The molecule has 2 aromatic rings. The highest BCUT2D eigenvalue weighted by atomic mass is 32.2. The van der Waals surface area contributed by atoms with Crippen molar-refractivity contribution in [3.63, 3.8) is 0 Å². The number of hydrogen-bond acceptors (Lipinski definition) is 6. The van der Waals surface area contributed by atoms with Crippen LogP contribution in [0.5, 0.6) is 5.75 Å². The number of nitrogens with zero attached hydrogens (tertiary/aromatic N) is 2. The van der Waals surface area contributed by atoms with E-state index in [4.69, 9.17) is 4.74 Å². The molecule has 2 saturated heterocycles. The minimum absolute atomic E-state index is 0.0300. The van der Waals surface area contributed by atoms with Crippen LogP contribution in [0.15, 0.2) is 54.6 Å². The van der Waals surface area contributed by atoms with Gasteiger partial charge >= 0.3 is 0 Å². The smallest absolute Gasteiger partial charge is 0.242 e. The van der Waals surface area contributed by atoms with Crippen molar-refractivity contribution in [2.45, 2.75) is 31.3 Å². The third-order valence-corrected chi connectivity index (χ3v) is 8.45. The minimum atomic E-state index is -3.04. The largest absolute Gasteiger partial charge is 0.496 e. The van der Waals surface area contributed by atoms with Crippen LogP contribution in [0.2, 0.25) is 0 Å². The summed E-state index contributed by atoms with van der Waals surface area (Å²) < 4.78 is 29.2. The van der Waals surface area contributed by atoms with Gasteiger partial charge in [-0.15, -0.1) is 0 Å². The van der Waals surface area contributed by atoms with Crippen LogP contribution in [-0.4, -0.2) is 80.9 Å². The molecule has 2 aromatic carbocycles. The van der Waals surface area contributed by atoms with Gasteiger partial charge in [0.05, 0.1) is 25.0 Å². The Morgan fingerprint density at radius 1 is 0.971 bits per heavy atom. The van der Waals surface area contributed by atoms with Gasteiger partial charge in [-0.1, -0.05) is 48.5 Å². The van der Waals surface area contributed by atoms with Crippen molar-refractivity contribution >= 4 is 21.7 Å². The number of amides is 2. The molecule has 0 bridgehead atoms. The van der Waals surface area contributed by atoms with Crippen molar-refractivity contribution in [2.24, 2.45) is 0 Å². The molecule has 2 amide bonds. The Kier molecular flexibility index (Phi) is 8.07. The van der Waals surface area contributed by atoms with Crippen LogP contribution in [0.3, 0.4) is 0 Å². The summed E-state index contributed by atoms with van der Waals surface area (Å²) in [5.74, 6) is 0.776. The molecule has 1 atom stereocenters. The van der Waals surface area contributed by atoms with Crippen LogP contribution in [0.25, 0.3) is 0 Å². The summed E-state index contributed by atoms with van der Waals surface area (Å²) in [4.78, 5) is 30.0. The van der Waals surface area contributed by atoms with Gasteiger partial charge in [-0.3, -0.25) is 14.5 Å². The maximum Gasteiger partial charge on any atom is 0.242 e. The van der Waals surface area contributed by atoms with Crippen LogP contribution in [0, 0.1) is 0 Å². The number of carbonyl (C=O) groups is 2. The molecule has 2 heterocycles. The molecule has 0 aliphatic carbocycles. The number of benzene rings is 2. The summed E-state index contributed by atoms with van der Waals surface area (Å²) in [7, 11) is -1.44. The van der Waals surface area contributed by atoms with Gasteiger partial charge in [0, 0.05) is 37.8 Å². The summed E-state index contributed by atoms with van der Waals surface area (Å²) in [6.07, 6.45) is 1.65. The zero-order valence-corrected chi connectivity index (χ0v) is 20.9. The highest BCUT2D eigenvalue weighted by Gasteiger charge is 2.34. The third kappa shape index (κ3) is 6.41. The first kappa shape index (κ1) is 25.2. The van der Waals surface area contributed by atoms with Crippen molar-refractivity contribution < 1.29 is 22.7 Å². The Hall–Kier alpha value is -2.91. The van der Waals surface area contributed by atoms with E-state index in [9.17, 15) is 18.0 Å². The Morgan fingerprint density at radius 2 is 1.60 bits per heavy atom. The highest BCUT2D eigenvalue weighted by Crippen LogP contribution is 2.25. The number of nitrogens with one attached hydrogen (secondary N) is 1. The summed E-state index contributed by atoms with van der Waals surface area (Å²) in [5.41, 5.74) is 1.72. The number of hydrogen-bond donors (Lipinski definition) is 1. The molecule has 4 rings (SSSR count). The Labute approximate surface area is 207 Å². The van der Waals surface area contributed by atoms with Crippen LogP contribution in [-0.2, 0) is 25.8 Å². The second-order valence-corrected chi connectivity index (χ2v) is 11.5. The highest BCUT2D eigenvalue weighted by molar-refractivity contribution is 7.91. The molecule has 2 fully saturated rings. The number of piperidine rings is 1. The van der Waals surface area contributed by atoms with Gasteiger partial charge in [0.25, 0.3) is 0 Å². The minimum Gasteiger partial charge on any atom is -0.496 e. The number of carbonyl (C=O) groups excluding carboxylic acids is 2. The van der Waals surface area contributed by atoms with Crippen LogP contribution < -0.4 is 10.1 Å². The Balaban J connectivity index is 1.35. The van der Waals surface area contributed by atoms with Crippen molar-refractivity contribution in [2.75, 3.05) is 44.8 Å². The van der Waals surface area contributed by atoms with Gasteiger partial charge < -0.3 is 15.0 Å². The van der Waals surface area contributed by atoms with Crippen molar-refractivity contribution in [1.29, 1.82) is 0 Å². The fraction of sp³-hybridized carbons (Fsp3) is 0.462. The first-order valence-corrected chi connectivity index (χ1v) is 13.9. The van der Waals surface area contributed by atoms with Gasteiger partial charge in [0.1, 0.15) is 11.8 Å². The zero-order chi connectivity index (χ0) is 24.8. The molecule has 0 saturated carbocycles. The molecule has 0 spiro atoms. The van der Waals surface area contributed by atoms with Crippen molar-refractivity contribution in [1.82, 2.24) is 15.1 Å². The molecular weight excluding hydrogens is 466 g/mol. The van der Waals surface area contributed by atoms with E-state index in [0.29, 0.717) is 44.8 Å². The molecule has 8 nitrogen and oxygen atoms in total. The van der Waals surface area contributed by atoms with Crippen molar-refractivity contribution in [3.8, 4) is 5.75 Å². The predicted molar refractivity (Wildman–Crippen MR) is 134 cm³/mol. The first-order valence-electron chi connectivity index (χ1n) is 12.1. The lowest BCUT2D eigenvalue weighted by Crippen LogP contribution is -2.52. The number of para-hydroxylation sites is 1. The second-order valence-electron chi connectivity index (χ2n) is 9.15. The molecule has 0 radical (unpaired) electrons. The molecule has 1 unspecified atom stereocenters. The number of rotatable bonds is 7. The summed E-state index contributed by atoms with van der Waals surface area (Å²) in [5, 5.41) is 3.17. The maximum atomic E-state index is 13.4. The van der Waals surface area contributed by atoms with E-state index in [-0.39, 0.29) is 35.8 Å². The molecule has 9 heteroatoms. The SMILES string of the molecule is COc1ccccc1CC(=O)N1CCC(NC(=O)C(c2ccccc2)N2CCS(=O)(=O)CC2)CC1. The number of methoxy groups -OCH3 is 1. The Bertz CT molecular complexity index is 1120. The normalized spacial score (nSPS) is 19.6. The van der Waals surface area contributed by atoms with E-state index >= 15 is 0 Å². The molecule has 2 aliphatic heterocycles. The van der Waals surface area contributed by atoms with E-state index in [0.717, 1.165) is 11.1 Å². The molecule has 188 valence electrons. The topological polar surface area (TPSA) is 96.0 Å². The van der Waals surface area contributed by atoms with E-state index in [1.54, 1.807) is 7.11 Å². The second kappa shape index (κ2) is 11.2. The summed E-state index contributed by atoms with van der Waals surface area (Å²) in [6, 6.07) is 16.5. The van der Waals surface area contributed by atoms with Crippen LogP contribution >= 0.6 is 0 Å². The maximum absolute atomic E-state index is 13.4. The lowest BCUT2D eigenvalue weighted by atomic mass is 10.0. The lowest BCUT2D eigenvalue weighted by Gasteiger charge is -2.36. The number of ether oxygens (including phenoxy) is 1. The van der Waals surface area contributed by atoms with Crippen molar-refractivity contribution in [3.05, 3.63) is 65.7 Å². The molecule has 35 heavy (non-hydrogen) atoms. The van der Waals surface area contributed by atoms with Crippen LogP contribution in [0.1, 0.15) is 30.0 Å². The van der Waals surface area contributed by atoms with E-state index in [2.05, 4.69) is 5.32 Å². The standard InChI is InChI=1S/C26H33N3O5S/c1-34-23-10-6-5-9-21(23)19-24(30)28-13-11-22(12-14-28)27-26(31)25(20-7-3-2-4-8-20)29-15-17-35(32,33)18-16-29/h2-10,22,25H,11-19H2,1H3,(H,27,31). The number of sulfone groups is 1. The first-order chi connectivity index (χ1) is 16.9. The van der Waals surface area contributed by atoms with E-state index < -0.39 is 15.9 Å². The van der Waals surface area contributed by atoms with Gasteiger partial charge in [-0.25, -0.2) is 8.42 Å². The zero-order valence-electron chi connectivity index (χ0n) is 20.1. The molecule has 1 N–H and O–H groups in total. The molecule has 2 aliphatic rings. The quantitative estimate of drug-likeness (QED) is 0.624. The average Bonchev–Trinajstić information content (AvgIpc) is 2.86. The predicted octanol–water partition coefficient (Wildman–Crippen LogP) is 1.82. The lowest BCUT2D eigenvalue weighted by molar-refractivity contribution is -0.132. The van der Waals surface area contributed by atoms with Gasteiger partial charge in [0.15, 0.2) is 9.84 Å². The summed E-state index contributed by atoms with van der Waals surface area (Å²) >= 11 is 0. The summed E-state index contributed by atoms with van der Waals surface area (Å²) in [6.45, 7) is 1.84. The van der Waals surface area contributed by atoms with Gasteiger partial charge in [-0.2, -0.15) is 0 Å². The fourth-order valence-electron chi connectivity index (χ4n) is 4.83. The third-order valence-electron chi connectivity index (χ3n) is 6.84. The Morgan fingerprint density at radius 3 is 2.26 bits per heavy atom. The van der Waals surface area contributed by atoms with E-state index in [1.807, 2.05) is 64.4 Å². The molecule has 0 aromatic heterocycles. The monoisotopic (exact) mass is 499 g/mol. The van der Waals surface area contributed by atoms with E-state index in [1.165, 1.54) is 0 Å². The van der Waals surface area contributed by atoms with Gasteiger partial charge in [-0.05, 0) is 24.5 Å². The fourth-order valence-corrected chi connectivity index (χ4v) is 6.05. The van der Waals surface area contributed by atoms with Crippen LogP contribution in [0.4, 0.5) is 0 Å². The average molecular weight is 500 g/mol. The molecular formula is C26H33N3O5S. The number of likely N-dealkylation sites (tertiary alicyclic amines) is 1.